The Bertz CT molecular complexity index is 1050. The van der Waals surface area contributed by atoms with E-state index in [-0.39, 0.29) is 25.0 Å². The van der Waals surface area contributed by atoms with Crippen LogP contribution in [0.15, 0.2) is 30.3 Å². The molecule has 0 bridgehead atoms. The second-order valence-electron chi connectivity index (χ2n) is 7.91. The number of carbonyl (C=O) groups excluding carboxylic acids is 3. The van der Waals surface area contributed by atoms with Gasteiger partial charge in [0.15, 0.2) is 0 Å². The van der Waals surface area contributed by atoms with Crippen LogP contribution < -0.4 is 0 Å². The van der Waals surface area contributed by atoms with Crippen molar-refractivity contribution in [3.63, 3.8) is 0 Å². The Morgan fingerprint density at radius 1 is 1.31 bits per heavy atom. The maximum atomic E-state index is 13.3. The molecule has 3 aliphatic heterocycles. The number of piperidine rings is 1. The molecule has 4 heterocycles. The average molecular weight is 394 g/mol. The van der Waals surface area contributed by atoms with Gasteiger partial charge in [-0.2, -0.15) is 0 Å². The first-order chi connectivity index (χ1) is 14.0. The lowest BCUT2D eigenvalue weighted by Gasteiger charge is -2.39. The summed E-state index contributed by atoms with van der Waals surface area (Å²) >= 11 is 0. The molecular formula is C22H22N2O5. The average Bonchev–Trinajstić information content (AvgIpc) is 3.22. The minimum atomic E-state index is -1.40. The minimum Gasteiger partial charge on any atom is -0.463 e. The summed E-state index contributed by atoms with van der Waals surface area (Å²) in [6.07, 6.45) is 0.726. The van der Waals surface area contributed by atoms with Crippen LogP contribution in [0.2, 0.25) is 0 Å². The van der Waals surface area contributed by atoms with Crippen molar-refractivity contribution in [2.75, 3.05) is 6.61 Å². The molecular weight excluding hydrogens is 372 g/mol. The Kier molecular flexibility index (Phi) is 3.91. The van der Waals surface area contributed by atoms with E-state index < -0.39 is 29.4 Å². The van der Waals surface area contributed by atoms with Crippen LogP contribution in [0.3, 0.4) is 0 Å². The van der Waals surface area contributed by atoms with Gasteiger partial charge in [0.1, 0.15) is 5.92 Å². The van der Waals surface area contributed by atoms with Crippen LogP contribution in [-0.4, -0.2) is 39.9 Å². The summed E-state index contributed by atoms with van der Waals surface area (Å²) in [7, 11) is 0. The van der Waals surface area contributed by atoms with Gasteiger partial charge in [-0.3, -0.25) is 14.6 Å². The number of para-hydroxylation sites is 1. The number of aromatic nitrogens is 1. The van der Waals surface area contributed by atoms with Crippen LogP contribution in [0.1, 0.15) is 44.0 Å². The topological polar surface area (TPSA) is 85.8 Å². The van der Waals surface area contributed by atoms with Crippen molar-refractivity contribution in [2.45, 2.75) is 44.9 Å². The first-order valence-electron chi connectivity index (χ1n) is 10.1. The van der Waals surface area contributed by atoms with Gasteiger partial charge < -0.3 is 14.4 Å². The molecule has 0 aliphatic carbocycles. The van der Waals surface area contributed by atoms with Gasteiger partial charge in [-0.05, 0) is 37.5 Å². The van der Waals surface area contributed by atoms with Gasteiger partial charge in [0, 0.05) is 17.8 Å². The van der Waals surface area contributed by atoms with Crippen LogP contribution in [-0.2, 0) is 30.4 Å². The smallest absolute Gasteiger partial charge is 0.350 e. The number of nitrogens with zero attached hydrogens (tertiary/aromatic N) is 2. The number of fused-ring (bicyclic) bond motifs is 5. The fourth-order valence-corrected chi connectivity index (χ4v) is 5.20. The molecule has 2 aromatic rings. The molecule has 5 rings (SSSR count). The van der Waals surface area contributed by atoms with E-state index in [9.17, 15) is 14.4 Å². The summed E-state index contributed by atoms with van der Waals surface area (Å²) < 4.78 is 10.8. The third kappa shape index (κ3) is 2.36. The number of pyridine rings is 1. The molecule has 0 N–H and O–H groups in total. The van der Waals surface area contributed by atoms with Crippen molar-refractivity contribution in [3.05, 3.63) is 41.6 Å². The highest BCUT2D eigenvalue weighted by Crippen LogP contribution is 2.53. The molecule has 0 radical (unpaired) electrons. The molecule has 2 saturated heterocycles. The quantitative estimate of drug-likeness (QED) is 0.587. The Balaban J connectivity index is 1.59. The summed E-state index contributed by atoms with van der Waals surface area (Å²) in [5, 5.41) is 1.02. The summed E-state index contributed by atoms with van der Waals surface area (Å²) in [6.45, 7) is 4.12. The maximum absolute atomic E-state index is 13.3. The fourth-order valence-electron chi connectivity index (χ4n) is 5.20. The molecule has 0 spiro atoms. The number of hydrogen-bond acceptors (Lipinski definition) is 6. The standard InChI is InChI=1S/C22H22N2O5/c1-3-22(21(27)28-4-2)14-10-16-18-13(9-12-7-5-6-8-15(12)23-18)11-24(16)19(25)17(14)20(26)29-22/h5-9,14,16-17H,3-4,10-11H2,1-2H3. The number of carbonyl (C=O) groups is 3. The van der Waals surface area contributed by atoms with Gasteiger partial charge >= 0.3 is 11.9 Å². The molecule has 1 aromatic carbocycles. The van der Waals surface area contributed by atoms with E-state index in [1.165, 1.54) is 0 Å². The number of esters is 2. The molecule has 1 aromatic heterocycles. The highest BCUT2D eigenvalue weighted by molar-refractivity contribution is 6.04. The summed E-state index contributed by atoms with van der Waals surface area (Å²) in [4.78, 5) is 45.3. The summed E-state index contributed by atoms with van der Waals surface area (Å²) in [5.74, 6) is -2.97. The minimum absolute atomic E-state index is 0.190. The zero-order valence-electron chi connectivity index (χ0n) is 16.4. The molecule has 29 heavy (non-hydrogen) atoms. The van der Waals surface area contributed by atoms with Crippen molar-refractivity contribution in [3.8, 4) is 0 Å². The van der Waals surface area contributed by atoms with Crippen molar-refractivity contribution in [1.82, 2.24) is 9.88 Å². The van der Waals surface area contributed by atoms with Crippen LogP contribution >= 0.6 is 0 Å². The second kappa shape index (κ2) is 6.27. The highest BCUT2D eigenvalue weighted by atomic mass is 16.6. The summed E-state index contributed by atoms with van der Waals surface area (Å²) in [5.41, 5.74) is 1.31. The van der Waals surface area contributed by atoms with Crippen LogP contribution in [0, 0.1) is 11.8 Å². The highest BCUT2D eigenvalue weighted by Gasteiger charge is 2.66. The van der Waals surface area contributed by atoms with E-state index in [0.29, 0.717) is 13.0 Å². The molecule has 3 aliphatic rings. The summed E-state index contributed by atoms with van der Waals surface area (Å²) in [6, 6.07) is 9.63. The molecule has 150 valence electrons. The van der Waals surface area contributed by atoms with E-state index in [2.05, 4.69) is 6.07 Å². The Morgan fingerprint density at radius 3 is 2.86 bits per heavy atom. The molecule has 4 atom stereocenters. The van der Waals surface area contributed by atoms with Crippen LogP contribution in [0.25, 0.3) is 10.9 Å². The van der Waals surface area contributed by atoms with E-state index in [1.807, 2.05) is 24.3 Å². The van der Waals surface area contributed by atoms with Gasteiger partial charge in [-0.1, -0.05) is 25.1 Å². The van der Waals surface area contributed by atoms with Gasteiger partial charge in [0.2, 0.25) is 11.5 Å². The SMILES string of the molecule is CCOC(=O)C1(CC)OC(=O)C2C(=O)N3Cc4cc5ccccc5nc4C3CC21. The lowest BCUT2D eigenvalue weighted by molar-refractivity contribution is -0.178. The molecule has 7 heteroatoms. The van der Waals surface area contributed by atoms with Crippen molar-refractivity contribution < 1.29 is 23.9 Å². The fraction of sp³-hybridized carbons (Fsp3) is 0.455. The Hall–Kier alpha value is -2.96. The van der Waals surface area contributed by atoms with Crippen LogP contribution in [0.4, 0.5) is 0 Å². The number of benzene rings is 1. The normalized spacial score (nSPS) is 30.0. The van der Waals surface area contributed by atoms with Crippen LogP contribution in [0.5, 0.6) is 0 Å². The molecule has 1 amide bonds. The van der Waals surface area contributed by atoms with Crippen molar-refractivity contribution in [2.24, 2.45) is 11.8 Å². The molecule has 7 nitrogen and oxygen atoms in total. The number of amides is 1. The number of rotatable bonds is 3. The van der Waals surface area contributed by atoms with Crippen molar-refractivity contribution in [1.29, 1.82) is 0 Å². The molecule has 2 fully saturated rings. The Morgan fingerprint density at radius 2 is 2.10 bits per heavy atom. The molecule has 4 unspecified atom stereocenters. The number of ether oxygens (including phenoxy) is 2. The zero-order valence-corrected chi connectivity index (χ0v) is 16.4. The lowest BCUT2D eigenvalue weighted by atomic mass is 9.72. The van der Waals surface area contributed by atoms with Gasteiger partial charge in [0.05, 0.1) is 23.9 Å². The molecule has 0 saturated carbocycles. The zero-order chi connectivity index (χ0) is 20.3. The predicted molar refractivity (Wildman–Crippen MR) is 102 cm³/mol. The van der Waals surface area contributed by atoms with E-state index in [0.717, 1.165) is 22.2 Å². The van der Waals surface area contributed by atoms with Gasteiger partial charge in [-0.15, -0.1) is 0 Å². The third-order valence-electron chi connectivity index (χ3n) is 6.58. The van der Waals surface area contributed by atoms with Crippen molar-refractivity contribution >= 4 is 28.7 Å². The van der Waals surface area contributed by atoms with Gasteiger partial charge in [-0.25, -0.2) is 4.79 Å². The maximum Gasteiger partial charge on any atom is 0.350 e. The number of hydrogen-bond donors (Lipinski definition) is 0. The monoisotopic (exact) mass is 394 g/mol. The van der Waals surface area contributed by atoms with E-state index >= 15 is 0 Å². The predicted octanol–water partition coefficient (Wildman–Crippen LogP) is 2.52. The largest absolute Gasteiger partial charge is 0.463 e. The number of cyclic esters (lactones) is 1. The first-order valence-corrected chi connectivity index (χ1v) is 10.1. The Labute approximate surface area is 168 Å². The van der Waals surface area contributed by atoms with Gasteiger partial charge in [0.25, 0.3) is 0 Å². The van der Waals surface area contributed by atoms with E-state index in [1.54, 1.807) is 18.7 Å². The lowest BCUT2D eigenvalue weighted by Crippen LogP contribution is -2.52. The first kappa shape index (κ1) is 18.1. The third-order valence-corrected chi connectivity index (χ3v) is 6.58. The second-order valence-corrected chi connectivity index (χ2v) is 7.91. The van der Waals surface area contributed by atoms with E-state index in [4.69, 9.17) is 14.5 Å².